The van der Waals surface area contributed by atoms with E-state index in [4.69, 9.17) is 14.2 Å². The van der Waals surface area contributed by atoms with Crippen LogP contribution in [-0.2, 0) is 28.6 Å². The largest absolute Gasteiger partial charge is 0.462 e. The molecule has 6 heteroatoms. The van der Waals surface area contributed by atoms with Gasteiger partial charge in [-0.15, -0.1) is 0 Å². The number of ether oxygens (including phenoxy) is 3. The van der Waals surface area contributed by atoms with E-state index in [1.807, 2.05) is 0 Å². The first-order valence-electron chi connectivity index (χ1n) is 31.6. The molecule has 1 atom stereocenters. The van der Waals surface area contributed by atoms with E-state index in [-0.39, 0.29) is 37.5 Å². The summed E-state index contributed by atoms with van der Waals surface area (Å²) >= 11 is 0. The van der Waals surface area contributed by atoms with Crippen LogP contribution in [0.2, 0.25) is 0 Å². The Morgan fingerprint density at radius 3 is 0.865 bits per heavy atom. The maximum atomic E-state index is 12.8. The van der Waals surface area contributed by atoms with Crippen LogP contribution in [0, 0.1) is 0 Å². The van der Waals surface area contributed by atoms with Crippen molar-refractivity contribution in [2.24, 2.45) is 0 Å². The lowest BCUT2D eigenvalue weighted by Gasteiger charge is -2.18. The second-order valence-corrected chi connectivity index (χ2v) is 20.9. The molecule has 0 radical (unpaired) electrons. The highest BCUT2D eigenvalue weighted by Crippen LogP contribution is 2.17. The van der Waals surface area contributed by atoms with Gasteiger partial charge in [-0.1, -0.05) is 286 Å². The first-order valence-corrected chi connectivity index (χ1v) is 31.6. The number of allylic oxidation sites excluding steroid dienone is 14. The van der Waals surface area contributed by atoms with Crippen molar-refractivity contribution in [3.05, 3.63) is 85.1 Å². The lowest BCUT2D eigenvalue weighted by molar-refractivity contribution is -0.167. The van der Waals surface area contributed by atoms with Crippen LogP contribution >= 0.6 is 0 Å². The van der Waals surface area contributed by atoms with Gasteiger partial charge < -0.3 is 14.2 Å². The first-order chi connectivity index (χ1) is 36.5. The quantitative estimate of drug-likeness (QED) is 0.0261. The fourth-order valence-electron chi connectivity index (χ4n) is 8.92. The number of rotatable bonds is 57. The lowest BCUT2D eigenvalue weighted by Crippen LogP contribution is -2.30. The van der Waals surface area contributed by atoms with Crippen LogP contribution in [0.15, 0.2) is 85.1 Å². The molecule has 0 saturated heterocycles. The molecule has 0 aliphatic heterocycles. The van der Waals surface area contributed by atoms with Crippen LogP contribution < -0.4 is 0 Å². The molecule has 0 amide bonds. The van der Waals surface area contributed by atoms with E-state index in [0.29, 0.717) is 19.3 Å². The highest BCUT2D eigenvalue weighted by molar-refractivity contribution is 5.71. The third-order valence-corrected chi connectivity index (χ3v) is 13.6. The topological polar surface area (TPSA) is 78.9 Å². The number of carbonyl (C=O) groups is 3. The van der Waals surface area contributed by atoms with Gasteiger partial charge >= 0.3 is 17.9 Å². The SMILES string of the molecule is CC/C=C\C/C=C\C/C=C\C/C=C\C/C=C\CCCC(=O)OC(COC(=O)CCCCCCCC)COC(=O)CCCCCCCCCCCCCCCCCCCCCCC/C=C\C/C=C\CCCCCCC. The Hall–Kier alpha value is -3.41. The molecule has 0 N–H and O–H groups in total. The summed E-state index contributed by atoms with van der Waals surface area (Å²) in [6, 6.07) is 0. The number of carbonyl (C=O) groups excluding carboxylic acids is 3. The van der Waals surface area contributed by atoms with Crippen molar-refractivity contribution in [2.45, 2.75) is 316 Å². The van der Waals surface area contributed by atoms with Gasteiger partial charge in [0.1, 0.15) is 13.2 Å². The monoisotopic (exact) mass is 1030 g/mol. The number of hydrogen-bond donors (Lipinski definition) is 0. The van der Waals surface area contributed by atoms with Gasteiger partial charge in [-0.05, 0) is 89.9 Å². The van der Waals surface area contributed by atoms with Gasteiger partial charge in [-0.3, -0.25) is 14.4 Å². The molecule has 0 aromatic carbocycles. The molecular formula is C68H118O6. The summed E-state index contributed by atoms with van der Waals surface area (Å²) in [4.78, 5) is 37.9. The molecule has 0 fully saturated rings. The number of unbranched alkanes of at least 4 members (excludes halogenated alkanes) is 32. The molecule has 0 aliphatic carbocycles. The smallest absolute Gasteiger partial charge is 0.306 e. The molecule has 426 valence electrons. The van der Waals surface area contributed by atoms with Crippen LogP contribution in [0.3, 0.4) is 0 Å². The predicted octanol–water partition coefficient (Wildman–Crippen LogP) is 21.5. The highest BCUT2D eigenvalue weighted by Gasteiger charge is 2.19. The Bertz CT molecular complexity index is 1420. The average molecular weight is 1030 g/mol. The fourth-order valence-corrected chi connectivity index (χ4v) is 8.92. The molecule has 0 aromatic rings. The molecule has 0 saturated carbocycles. The Labute approximate surface area is 458 Å². The van der Waals surface area contributed by atoms with Crippen LogP contribution in [0.25, 0.3) is 0 Å². The van der Waals surface area contributed by atoms with Crippen molar-refractivity contribution in [1.29, 1.82) is 0 Å². The minimum Gasteiger partial charge on any atom is -0.462 e. The summed E-state index contributed by atoms with van der Waals surface area (Å²) in [5, 5.41) is 0. The maximum Gasteiger partial charge on any atom is 0.306 e. The Kier molecular flexibility index (Phi) is 59.3. The van der Waals surface area contributed by atoms with Gasteiger partial charge in [0.25, 0.3) is 0 Å². The summed E-state index contributed by atoms with van der Waals surface area (Å²) in [5.74, 6) is -0.957. The van der Waals surface area contributed by atoms with Gasteiger partial charge in [0.2, 0.25) is 0 Å². The van der Waals surface area contributed by atoms with Gasteiger partial charge in [0.05, 0.1) is 0 Å². The van der Waals surface area contributed by atoms with E-state index in [1.54, 1.807) is 0 Å². The number of esters is 3. The summed E-state index contributed by atoms with van der Waals surface area (Å²) in [6.07, 6.45) is 82.3. The molecule has 0 spiro atoms. The van der Waals surface area contributed by atoms with E-state index >= 15 is 0 Å². The second-order valence-electron chi connectivity index (χ2n) is 20.9. The Morgan fingerprint density at radius 2 is 0.541 bits per heavy atom. The summed E-state index contributed by atoms with van der Waals surface area (Å²) in [7, 11) is 0. The lowest BCUT2D eigenvalue weighted by atomic mass is 10.0. The van der Waals surface area contributed by atoms with Crippen LogP contribution in [0.1, 0.15) is 310 Å². The molecular weight excluding hydrogens is 913 g/mol. The minimum absolute atomic E-state index is 0.0964. The summed E-state index contributed by atoms with van der Waals surface area (Å²) in [5.41, 5.74) is 0. The molecule has 0 aromatic heterocycles. The van der Waals surface area contributed by atoms with Gasteiger partial charge in [-0.25, -0.2) is 0 Å². The summed E-state index contributed by atoms with van der Waals surface area (Å²) < 4.78 is 16.7. The van der Waals surface area contributed by atoms with E-state index in [2.05, 4.69) is 106 Å². The third kappa shape index (κ3) is 59.5. The third-order valence-electron chi connectivity index (χ3n) is 13.6. The van der Waals surface area contributed by atoms with Crippen LogP contribution in [0.5, 0.6) is 0 Å². The standard InChI is InChI=1S/C68H118O6/c1-4-7-10-13-16-18-20-22-24-26-27-28-29-30-31-32-33-34-35-36-37-38-39-40-41-43-44-46-48-50-52-55-58-61-67(70)73-64-65(63-72-66(69)60-57-54-15-12-9-6-3)74-68(71)62-59-56-53-51-49-47-45-42-25-23-21-19-17-14-11-8-5-2/h8,11,17,19-20,22-23,25-27,45,47,51,53,65H,4-7,9-10,12-16,18,21,24,28-44,46,48-50,52,54-64H2,1-3H3/b11-8-,19-17-,22-20-,25-23-,27-26-,47-45-,53-51-. The average Bonchev–Trinajstić information content (AvgIpc) is 3.40. The first kappa shape index (κ1) is 70.6. The molecule has 74 heavy (non-hydrogen) atoms. The predicted molar refractivity (Wildman–Crippen MR) is 321 cm³/mol. The van der Waals surface area contributed by atoms with E-state index < -0.39 is 6.10 Å². The zero-order chi connectivity index (χ0) is 53.6. The normalized spacial score (nSPS) is 12.6. The van der Waals surface area contributed by atoms with Crippen molar-refractivity contribution < 1.29 is 28.6 Å². The van der Waals surface area contributed by atoms with Crippen molar-refractivity contribution in [3.8, 4) is 0 Å². The summed E-state index contributed by atoms with van der Waals surface area (Å²) in [6.45, 7) is 6.43. The highest BCUT2D eigenvalue weighted by atomic mass is 16.6. The molecule has 0 bridgehead atoms. The van der Waals surface area contributed by atoms with E-state index in [9.17, 15) is 14.4 Å². The zero-order valence-corrected chi connectivity index (χ0v) is 48.8. The van der Waals surface area contributed by atoms with Crippen molar-refractivity contribution >= 4 is 17.9 Å². The molecule has 6 nitrogen and oxygen atoms in total. The zero-order valence-electron chi connectivity index (χ0n) is 48.8. The minimum atomic E-state index is -0.802. The Balaban J connectivity index is 4.01. The van der Waals surface area contributed by atoms with Crippen molar-refractivity contribution in [2.75, 3.05) is 13.2 Å². The van der Waals surface area contributed by atoms with Gasteiger partial charge in [-0.2, -0.15) is 0 Å². The fraction of sp³-hybridized carbons (Fsp3) is 0.750. The molecule has 0 heterocycles. The molecule has 0 aliphatic rings. The maximum absolute atomic E-state index is 12.8. The van der Waals surface area contributed by atoms with Gasteiger partial charge in [0, 0.05) is 19.3 Å². The van der Waals surface area contributed by atoms with E-state index in [1.165, 1.54) is 180 Å². The Morgan fingerprint density at radius 1 is 0.284 bits per heavy atom. The van der Waals surface area contributed by atoms with Crippen LogP contribution in [-0.4, -0.2) is 37.2 Å². The molecule has 0 rings (SSSR count). The van der Waals surface area contributed by atoms with Gasteiger partial charge in [0.15, 0.2) is 6.10 Å². The van der Waals surface area contributed by atoms with E-state index in [0.717, 1.165) is 83.5 Å². The van der Waals surface area contributed by atoms with Crippen LogP contribution in [0.4, 0.5) is 0 Å². The van der Waals surface area contributed by atoms with Crippen molar-refractivity contribution in [1.82, 2.24) is 0 Å². The second kappa shape index (κ2) is 62.1. The molecule has 1 unspecified atom stereocenters. The van der Waals surface area contributed by atoms with Crippen molar-refractivity contribution in [3.63, 3.8) is 0 Å². The number of hydrogen-bond acceptors (Lipinski definition) is 6.